The maximum absolute atomic E-state index is 12.9. The molecule has 7 heteroatoms. The maximum atomic E-state index is 12.9. The summed E-state index contributed by atoms with van der Waals surface area (Å²) in [6, 6.07) is 7.63. The lowest BCUT2D eigenvalue weighted by atomic mass is 10.2. The quantitative estimate of drug-likeness (QED) is 0.837. The van der Waals surface area contributed by atoms with E-state index in [2.05, 4.69) is 0 Å². The first-order chi connectivity index (χ1) is 11.6. The van der Waals surface area contributed by atoms with E-state index in [4.69, 9.17) is 9.47 Å². The van der Waals surface area contributed by atoms with Crippen molar-refractivity contribution in [1.29, 1.82) is 0 Å². The van der Waals surface area contributed by atoms with E-state index in [0.29, 0.717) is 31.9 Å². The van der Waals surface area contributed by atoms with Gasteiger partial charge < -0.3 is 18.9 Å². The molecule has 2 amide bonds. The van der Waals surface area contributed by atoms with Gasteiger partial charge in [0.05, 0.1) is 18.7 Å². The number of hydrogen-bond acceptors (Lipinski definition) is 4. The molecule has 4 rings (SSSR count). The molecule has 0 N–H and O–H groups in total. The highest BCUT2D eigenvalue weighted by molar-refractivity contribution is 5.99. The molecule has 2 aliphatic rings. The minimum atomic E-state index is -0.274. The van der Waals surface area contributed by atoms with Gasteiger partial charge in [0.15, 0.2) is 0 Å². The predicted octanol–water partition coefficient (Wildman–Crippen LogP) is 1.46. The van der Waals surface area contributed by atoms with Crippen molar-refractivity contribution >= 4 is 22.9 Å². The highest BCUT2D eigenvalue weighted by Gasteiger charge is 2.39. The third-order valence-corrected chi connectivity index (χ3v) is 4.88. The Labute approximate surface area is 139 Å². The van der Waals surface area contributed by atoms with E-state index in [1.807, 2.05) is 35.9 Å². The molecule has 0 radical (unpaired) electrons. The van der Waals surface area contributed by atoms with Crippen LogP contribution in [0.4, 0.5) is 4.79 Å². The molecule has 2 fully saturated rings. The smallest absolute Gasteiger partial charge is 0.410 e. The van der Waals surface area contributed by atoms with E-state index in [-0.39, 0.29) is 18.0 Å². The summed E-state index contributed by atoms with van der Waals surface area (Å²) < 4.78 is 12.2. The second kappa shape index (κ2) is 5.43. The zero-order valence-corrected chi connectivity index (χ0v) is 13.7. The Morgan fingerprint density at radius 3 is 2.92 bits per heavy atom. The predicted molar refractivity (Wildman–Crippen MR) is 87.2 cm³/mol. The highest BCUT2D eigenvalue weighted by atomic mass is 16.6. The van der Waals surface area contributed by atoms with Crippen molar-refractivity contribution < 1.29 is 19.1 Å². The van der Waals surface area contributed by atoms with Crippen LogP contribution in [0.2, 0.25) is 0 Å². The van der Waals surface area contributed by atoms with E-state index < -0.39 is 0 Å². The Morgan fingerprint density at radius 1 is 1.29 bits per heavy atom. The first kappa shape index (κ1) is 14.9. The number of hydrogen-bond donors (Lipinski definition) is 0. The molecule has 2 aromatic rings. The first-order valence-corrected chi connectivity index (χ1v) is 7.94. The number of piperazine rings is 1. The number of nitrogens with zero attached hydrogens (tertiary/aromatic N) is 3. The van der Waals surface area contributed by atoms with Gasteiger partial charge in [-0.2, -0.15) is 0 Å². The van der Waals surface area contributed by atoms with Gasteiger partial charge in [-0.25, -0.2) is 4.79 Å². The molecule has 2 saturated heterocycles. The summed E-state index contributed by atoms with van der Waals surface area (Å²) in [6.07, 6.45) is -0.274. The van der Waals surface area contributed by atoms with Gasteiger partial charge in [0.25, 0.3) is 5.91 Å². The fourth-order valence-corrected chi connectivity index (χ4v) is 3.48. The number of aromatic nitrogens is 1. The molecule has 24 heavy (non-hydrogen) atoms. The van der Waals surface area contributed by atoms with Gasteiger partial charge in [-0.3, -0.25) is 9.69 Å². The molecule has 1 aromatic heterocycles. The molecule has 1 atom stereocenters. The Morgan fingerprint density at radius 2 is 2.12 bits per heavy atom. The van der Waals surface area contributed by atoms with Gasteiger partial charge in [-0.1, -0.05) is 0 Å². The maximum Gasteiger partial charge on any atom is 0.410 e. The van der Waals surface area contributed by atoms with Gasteiger partial charge >= 0.3 is 6.09 Å². The molecular formula is C17H19N3O4. The summed E-state index contributed by atoms with van der Waals surface area (Å²) in [5, 5.41) is 1.000. The second-order valence-electron chi connectivity index (χ2n) is 6.19. The minimum Gasteiger partial charge on any atom is -0.497 e. The van der Waals surface area contributed by atoms with E-state index >= 15 is 0 Å². The molecule has 0 unspecified atom stereocenters. The van der Waals surface area contributed by atoms with Crippen molar-refractivity contribution in [3.63, 3.8) is 0 Å². The molecule has 0 aliphatic carbocycles. The van der Waals surface area contributed by atoms with Gasteiger partial charge in [0.2, 0.25) is 0 Å². The van der Waals surface area contributed by atoms with E-state index in [1.54, 1.807) is 16.9 Å². The zero-order valence-electron chi connectivity index (χ0n) is 13.7. The number of carbonyl (C=O) groups is 2. The van der Waals surface area contributed by atoms with Crippen molar-refractivity contribution in [2.45, 2.75) is 6.04 Å². The number of methoxy groups -OCH3 is 1. The number of cyclic esters (lactones) is 1. The molecule has 7 nitrogen and oxygen atoms in total. The summed E-state index contributed by atoms with van der Waals surface area (Å²) in [7, 11) is 3.51. The van der Waals surface area contributed by atoms with Crippen LogP contribution in [0.3, 0.4) is 0 Å². The molecular weight excluding hydrogens is 310 g/mol. The second-order valence-corrected chi connectivity index (χ2v) is 6.19. The topological polar surface area (TPSA) is 64.0 Å². The Hall–Kier alpha value is -2.70. The standard InChI is InChI=1S/C17H19N3O4/c1-18-14-8-13(23-2)4-3-11(14)7-15(18)16(21)19-5-6-20-12(9-19)10-24-17(20)22/h3-4,7-8,12H,5-6,9-10H2,1-2H3/t12-/m1/s1. The Bertz CT molecular complexity index is 829. The minimum absolute atomic E-state index is 0.0216. The first-order valence-electron chi connectivity index (χ1n) is 7.94. The normalized spacial score (nSPS) is 20.2. The van der Waals surface area contributed by atoms with Crippen molar-refractivity contribution in [1.82, 2.24) is 14.4 Å². The fraction of sp³-hybridized carbons (Fsp3) is 0.412. The Kier molecular flexibility index (Phi) is 3.37. The lowest BCUT2D eigenvalue weighted by molar-refractivity contribution is 0.0608. The fourth-order valence-electron chi connectivity index (χ4n) is 3.48. The van der Waals surface area contributed by atoms with Crippen molar-refractivity contribution in [2.75, 3.05) is 33.4 Å². The zero-order chi connectivity index (χ0) is 16.8. The molecule has 0 bridgehead atoms. The van der Waals surface area contributed by atoms with Crippen molar-refractivity contribution in [3.05, 3.63) is 30.0 Å². The van der Waals surface area contributed by atoms with Gasteiger partial charge in [0.1, 0.15) is 18.1 Å². The van der Waals surface area contributed by atoms with Crippen LogP contribution in [0.1, 0.15) is 10.5 Å². The number of aryl methyl sites for hydroxylation is 1. The lowest BCUT2D eigenvalue weighted by Crippen LogP contribution is -2.53. The van der Waals surface area contributed by atoms with Crippen molar-refractivity contribution in [2.24, 2.45) is 7.05 Å². The van der Waals surface area contributed by atoms with Crippen LogP contribution in [-0.2, 0) is 11.8 Å². The molecule has 0 saturated carbocycles. The average molecular weight is 329 g/mol. The molecule has 0 spiro atoms. The van der Waals surface area contributed by atoms with Gasteiger partial charge in [0, 0.05) is 38.1 Å². The summed E-state index contributed by atoms with van der Waals surface area (Å²) in [5.74, 6) is 0.740. The number of ether oxygens (including phenoxy) is 2. The van der Waals surface area contributed by atoms with Crippen LogP contribution in [0.15, 0.2) is 24.3 Å². The highest BCUT2D eigenvalue weighted by Crippen LogP contribution is 2.26. The average Bonchev–Trinajstić information content (AvgIpc) is 3.14. The summed E-state index contributed by atoms with van der Waals surface area (Å²) >= 11 is 0. The molecule has 1 aromatic carbocycles. The summed E-state index contributed by atoms with van der Waals surface area (Å²) in [4.78, 5) is 28.0. The molecule has 126 valence electrons. The SMILES string of the molecule is COc1ccc2cc(C(=O)N3CCN4C(=O)OC[C@H]4C3)n(C)c2c1. The largest absolute Gasteiger partial charge is 0.497 e. The van der Waals surface area contributed by atoms with Crippen LogP contribution < -0.4 is 4.74 Å². The number of carbonyl (C=O) groups excluding carboxylic acids is 2. The number of amides is 2. The summed E-state index contributed by atoms with van der Waals surface area (Å²) in [6.45, 7) is 1.91. The van der Waals surface area contributed by atoms with Gasteiger partial charge in [-0.05, 0) is 18.2 Å². The monoisotopic (exact) mass is 329 g/mol. The number of rotatable bonds is 2. The number of benzene rings is 1. The van der Waals surface area contributed by atoms with Crippen molar-refractivity contribution in [3.8, 4) is 5.75 Å². The summed E-state index contributed by atoms with van der Waals surface area (Å²) in [5.41, 5.74) is 1.59. The number of fused-ring (bicyclic) bond motifs is 2. The molecule has 3 heterocycles. The van der Waals surface area contributed by atoms with Crippen LogP contribution >= 0.6 is 0 Å². The van der Waals surface area contributed by atoms with E-state index in [0.717, 1.165) is 16.7 Å². The molecule has 2 aliphatic heterocycles. The Balaban J connectivity index is 1.62. The van der Waals surface area contributed by atoms with E-state index in [9.17, 15) is 9.59 Å². The van der Waals surface area contributed by atoms with E-state index in [1.165, 1.54) is 0 Å². The lowest BCUT2D eigenvalue weighted by Gasteiger charge is -2.35. The third kappa shape index (κ3) is 2.19. The third-order valence-electron chi connectivity index (χ3n) is 4.88. The van der Waals surface area contributed by atoms with Crippen LogP contribution in [0.25, 0.3) is 10.9 Å². The van der Waals surface area contributed by atoms with Crippen LogP contribution in [0.5, 0.6) is 5.75 Å². The van der Waals surface area contributed by atoms with Crippen LogP contribution in [-0.4, -0.2) is 65.8 Å². The van der Waals surface area contributed by atoms with Gasteiger partial charge in [-0.15, -0.1) is 0 Å². The van der Waals surface area contributed by atoms with Crippen LogP contribution in [0, 0.1) is 0 Å².